The number of thiocarbonyl (C=S) groups is 1. The first-order valence-electron chi connectivity index (χ1n) is 7.50. The van der Waals surface area contributed by atoms with E-state index in [-0.39, 0.29) is 24.2 Å². The maximum atomic E-state index is 12.4. The number of amides is 1. The van der Waals surface area contributed by atoms with Gasteiger partial charge in [0.15, 0.2) is 0 Å². The average molecular weight is 299 g/mol. The normalized spacial score (nSPS) is 29.4. The summed E-state index contributed by atoms with van der Waals surface area (Å²) >= 11 is 5.11. The molecule has 2 rings (SSSR count). The van der Waals surface area contributed by atoms with Crippen molar-refractivity contribution < 1.29 is 9.53 Å². The Morgan fingerprint density at radius 1 is 1.35 bits per heavy atom. The second-order valence-electron chi connectivity index (χ2n) is 5.70. The fourth-order valence-corrected chi connectivity index (χ4v) is 3.40. The van der Waals surface area contributed by atoms with E-state index in [1.807, 2.05) is 11.8 Å². The van der Waals surface area contributed by atoms with Crippen LogP contribution < -0.4 is 5.73 Å². The molecule has 0 saturated carbocycles. The number of carbonyl (C=O) groups excluding carboxylic acids is 1. The molecule has 2 aliphatic heterocycles. The van der Waals surface area contributed by atoms with Crippen molar-refractivity contribution in [3.63, 3.8) is 0 Å². The number of ether oxygens (including phenoxy) is 1. The highest BCUT2D eigenvalue weighted by Gasteiger charge is 2.34. The van der Waals surface area contributed by atoms with Gasteiger partial charge in [0, 0.05) is 26.2 Å². The van der Waals surface area contributed by atoms with Crippen molar-refractivity contribution in [2.75, 3.05) is 26.2 Å². The van der Waals surface area contributed by atoms with Gasteiger partial charge in [0.25, 0.3) is 5.91 Å². The number of nitrogens with two attached hydrogens (primary N) is 1. The minimum Gasteiger partial charge on any atom is -0.392 e. The summed E-state index contributed by atoms with van der Waals surface area (Å²) in [6, 6.07) is 0.157. The molecular weight excluding hydrogens is 274 g/mol. The lowest BCUT2D eigenvalue weighted by molar-refractivity contribution is -0.144. The van der Waals surface area contributed by atoms with E-state index in [0.717, 1.165) is 45.4 Å². The molecule has 20 heavy (non-hydrogen) atoms. The number of piperazine rings is 1. The van der Waals surface area contributed by atoms with Crippen molar-refractivity contribution in [3.05, 3.63) is 0 Å². The van der Waals surface area contributed by atoms with Crippen LogP contribution in [0.2, 0.25) is 0 Å². The molecule has 2 fully saturated rings. The molecule has 0 aromatic carbocycles. The standard InChI is InChI=1S/C14H25N3O2S/c1-3-11(13(15)20)16-6-8-17(9-7-16)14(18)12-5-4-10(2)19-12/h10-12H,3-9H2,1-2H3,(H2,15,20). The maximum absolute atomic E-state index is 12.4. The Morgan fingerprint density at radius 2 is 2.00 bits per heavy atom. The van der Waals surface area contributed by atoms with E-state index in [1.54, 1.807) is 0 Å². The molecule has 0 aliphatic carbocycles. The molecule has 114 valence electrons. The SMILES string of the molecule is CCC(C(N)=S)N1CCN(C(=O)C2CCC(C)O2)CC1. The lowest BCUT2D eigenvalue weighted by Gasteiger charge is -2.39. The summed E-state index contributed by atoms with van der Waals surface area (Å²) in [6.45, 7) is 7.28. The van der Waals surface area contributed by atoms with E-state index in [1.165, 1.54) is 0 Å². The number of hydrogen-bond acceptors (Lipinski definition) is 4. The van der Waals surface area contributed by atoms with Crippen LogP contribution in [-0.2, 0) is 9.53 Å². The fraction of sp³-hybridized carbons (Fsp3) is 0.857. The van der Waals surface area contributed by atoms with Crippen molar-refractivity contribution in [2.45, 2.75) is 51.4 Å². The third-order valence-corrected chi connectivity index (χ3v) is 4.56. The zero-order chi connectivity index (χ0) is 14.7. The Morgan fingerprint density at radius 3 is 2.45 bits per heavy atom. The summed E-state index contributed by atoms with van der Waals surface area (Å²) in [7, 11) is 0. The van der Waals surface area contributed by atoms with Gasteiger partial charge in [0.1, 0.15) is 6.10 Å². The summed E-state index contributed by atoms with van der Waals surface area (Å²) in [6.07, 6.45) is 2.74. The highest BCUT2D eigenvalue weighted by atomic mass is 32.1. The van der Waals surface area contributed by atoms with Crippen molar-refractivity contribution in [1.29, 1.82) is 0 Å². The van der Waals surface area contributed by atoms with Crippen LogP contribution >= 0.6 is 12.2 Å². The molecule has 2 aliphatic rings. The van der Waals surface area contributed by atoms with Gasteiger partial charge in [-0.15, -0.1) is 0 Å². The first-order chi connectivity index (χ1) is 9.52. The molecule has 2 N–H and O–H groups in total. The van der Waals surface area contributed by atoms with E-state index in [9.17, 15) is 4.79 Å². The minimum atomic E-state index is -0.228. The van der Waals surface area contributed by atoms with Crippen molar-refractivity contribution in [3.8, 4) is 0 Å². The van der Waals surface area contributed by atoms with E-state index in [0.29, 0.717) is 4.99 Å². The van der Waals surface area contributed by atoms with E-state index < -0.39 is 0 Å². The third kappa shape index (κ3) is 3.48. The number of carbonyl (C=O) groups is 1. The lowest BCUT2D eigenvalue weighted by atomic mass is 10.1. The van der Waals surface area contributed by atoms with Crippen LogP contribution in [0.5, 0.6) is 0 Å². The molecular formula is C14H25N3O2S. The summed E-state index contributed by atoms with van der Waals surface area (Å²) in [5.41, 5.74) is 5.78. The average Bonchev–Trinajstić information content (AvgIpc) is 2.86. The van der Waals surface area contributed by atoms with Crippen molar-refractivity contribution in [2.24, 2.45) is 5.73 Å². The Hall–Kier alpha value is -0.720. The summed E-state index contributed by atoms with van der Waals surface area (Å²) in [5, 5.41) is 0. The summed E-state index contributed by atoms with van der Waals surface area (Å²) in [5.74, 6) is 0.150. The quantitative estimate of drug-likeness (QED) is 0.777. The topological polar surface area (TPSA) is 58.8 Å². The second kappa shape index (κ2) is 6.83. The van der Waals surface area contributed by atoms with Crippen LogP contribution in [0.25, 0.3) is 0 Å². The van der Waals surface area contributed by atoms with Crippen LogP contribution in [0.3, 0.4) is 0 Å². The molecule has 5 nitrogen and oxygen atoms in total. The first kappa shape index (κ1) is 15.7. The largest absolute Gasteiger partial charge is 0.392 e. The second-order valence-corrected chi connectivity index (χ2v) is 6.17. The Labute approximate surface area is 126 Å². The molecule has 0 bridgehead atoms. The van der Waals surface area contributed by atoms with Gasteiger partial charge in [-0.3, -0.25) is 9.69 Å². The minimum absolute atomic E-state index is 0.150. The Bertz CT molecular complexity index is 369. The molecule has 3 unspecified atom stereocenters. The van der Waals surface area contributed by atoms with Crippen molar-refractivity contribution >= 4 is 23.1 Å². The summed E-state index contributed by atoms with van der Waals surface area (Å²) in [4.78, 5) is 17.1. The molecule has 2 saturated heterocycles. The van der Waals surface area contributed by atoms with Gasteiger partial charge in [0.05, 0.1) is 17.1 Å². The van der Waals surface area contributed by atoms with Gasteiger partial charge >= 0.3 is 0 Å². The zero-order valence-corrected chi connectivity index (χ0v) is 13.2. The number of rotatable bonds is 4. The molecule has 1 amide bonds. The highest BCUT2D eigenvalue weighted by molar-refractivity contribution is 7.80. The van der Waals surface area contributed by atoms with E-state index >= 15 is 0 Å². The predicted octanol–water partition coefficient (Wildman–Crippen LogP) is 0.763. The molecule has 0 radical (unpaired) electrons. The van der Waals surface area contributed by atoms with Gasteiger partial charge in [-0.1, -0.05) is 19.1 Å². The van der Waals surface area contributed by atoms with Crippen LogP contribution in [0.1, 0.15) is 33.1 Å². The molecule has 2 heterocycles. The Balaban J connectivity index is 1.84. The van der Waals surface area contributed by atoms with Gasteiger partial charge in [-0.2, -0.15) is 0 Å². The maximum Gasteiger partial charge on any atom is 0.251 e. The van der Waals surface area contributed by atoms with Crippen LogP contribution in [0.15, 0.2) is 0 Å². The molecule has 0 aromatic rings. The van der Waals surface area contributed by atoms with Gasteiger partial charge < -0.3 is 15.4 Å². The highest BCUT2D eigenvalue weighted by Crippen LogP contribution is 2.21. The number of nitrogens with zero attached hydrogens (tertiary/aromatic N) is 2. The van der Waals surface area contributed by atoms with Gasteiger partial charge in [-0.05, 0) is 26.2 Å². The molecule has 0 aromatic heterocycles. The number of hydrogen-bond donors (Lipinski definition) is 1. The predicted molar refractivity (Wildman–Crippen MR) is 82.6 cm³/mol. The summed E-state index contributed by atoms with van der Waals surface area (Å²) < 4.78 is 5.66. The Kier molecular flexibility index (Phi) is 5.35. The molecule has 0 spiro atoms. The smallest absolute Gasteiger partial charge is 0.251 e. The molecule has 3 atom stereocenters. The lowest BCUT2D eigenvalue weighted by Crippen LogP contribution is -2.56. The van der Waals surface area contributed by atoms with Gasteiger partial charge in [-0.25, -0.2) is 0 Å². The third-order valence-electron chi connectivity index (χ3n) is 4.29. The van der Waals surface area contributed by atoms with E-state index in [4.69, 9.17) is 22.7 Å². The first-order valence-corrected chi connectivity index (χ1v) is 7.91. The van der Waals surface area contributed by atoms with Crippen molar-refractivity contribution in [1.82, 2.24) is 9.80 Å². The monoisotopic (exact) mass is 299 g/mol. The van der Waals surface area contributed by atoms with Crippen LogP contribution in [-0.4, -0.2) is 65.1 Å². The van der Waals surface area contributed by atoms with Crippen LogP contribution in [0.4, 0.5) is 0 Å². The van der Waals surface area contributed by atoms with Crippen LogP contribution in [0, 0.1) is 0 Å². The van der Waals surface area contributed by atoms with E-state index in [2.05, 4.69) is 11.8 Å². The zero-order valence-electron chi connectivity index (χ0n) is 12.4. The fourth-order valence-electron chi connectivity index (χ4n) is 3.08. The molecule has 6 heteroatoms. The van der Waals surface area contributed by atoms with Gasteiger partial charge in [0.2, 0.25) is 0 Å².